The van der Waals surface area contributed by atoms with E-state index in [0.717, 1.165) is 12.1 Å². The Balaban J connectivity index is 1.35. The molecule has 0 bridgehead atoms. The Bertz CT molecular complexity index is 1010. The van der Waals surface area contributed by atoms with E-state index < -0.39 is 23.8 Å². The van der Waals surface area contributed by atoms with E-state index in [1.165, 1.54) is 11.0 Å². The summed E-state index contributed by atoms with van der Waals surface area (Å²) < 4.78 is 46.5. The average molecular weight is 450 g/mol. The molecule has 1 saturated heterocycles. The molecule has 0 unspecified atom stereocenters. The lowest BCUT2D eigenvalue weighted by atomic mass is 9.78. The molecule has 0 atom stereocenters. The molecule has 1 aliphatic heterocycles. The zero-order chi connectivity index (χ0) is 22.9. The van der Waals surface area contributed by atoms with Crippen LogP contribution in [0.4, 0.5) is 35.2 Å². The Labute approximate surface area is 181 Å². The van der Waals surface area contributed by atoms with Gasteiger partial charge in [0, 0.05) is 18.2 Å². The molecule has 1 aromatic carbocycles. The monoisotopic (exact) mass is 450 g/mol. The van der Waals surface area contributed by atoms with Gasteiger partial charge in [-0.05, 0) is 49.9 Å². The van der Waals surface area contributed by atoms with Crippen molar-refractivity contribution in [3.63, 3.8) is 0 Å². The summed E-state index contributed by atoms with van der Waals surface area (Å²) in [6.45, 7) is 0.366. The van der Waals surface area contributed by atoms with Crippen LogP contribution in [-0.4, -0.2) is 35.5 Å². The number of hydrogen-bond donors (Lipinski definition) is 2. The zero-order valence-electron chi connectivity index (χ0n) is 16.9. The van der Waals surface area contributed by atoms with E-state index in [0.29, 0.717) is 38.0 Å². The largest absolute Gasteiger partial charge is 0.573 e. The van der Waals surface area contributed by atoms with E-state index in [4.69, 9.17) is 10.5 Å². The van der Waals surface area contributed by atoms with Gasteiger partial charge in [-0.15, -0.1) is 13.2 Å². The highest BCUT2D eigenvalue weighted by Gasteiger charge is 2.48. The number of nitrogen functional groups attached to an aromatic ring is 1. The van der Waals surface area contributed by atoms with Crippen molar-refractivity contribution in [2.24, 2.45) is 5.92 Å². The molecule has 2 amide bonds. The minimum atomic E-state index is -4.83. The number of pyridine rings is 1. The molecule has 3 N–H and O–H groups in total. The molecule has 0 radical (unpaired) electrons. The lowest BCUT2D eigenvalue weighted by Gasteiger charge is -2.34. The predicted octanol–water partition coefficient (Wildman–Crippen LogP) is 4.09. The van der Waals surface area contributed by atoms with Crippen molar-refractivity contribution < 1.29 is 32.2 Å². The molecule has 11 heteroatoms. The summed E-state index contributed by atoms with van der Waals surface area (Å²) in [6, 6.07) is 8.63. The zero-order valence-corrected chi connectivity index (χ0v) is 16.9. The number of nitrogens with zero attached hydrogens (tertiary/aromatic N) is 2. The average Bonchev–Trinajstić information content (AvgIpc) is 3.05. The quantitative estimate of drug-likeness (QED) is 0.680. The third kappa shape index (κ3) is 4.71. The Morgan fingerprint density at radius 2 is 2.00 bits per heavy atom. The molecule has 1 saturated carbocycles. The number of hydrogen-bond acceptors (Lipinski definition) is 6. The van der Waals surface area contributed by atoms with E-state index in [2.05, 4.69) is 15.0 Å². The predicted molar refractivity (Wildman–Crippen MR) is 109 cm³/mol. The molecule has 170 valence electrons. The van der Waals surface area contributed by atoms with Crippen LogP contribution in [0.1, 0.15) is 25.7 Å². The number of rotatable bonds is 4. The van der Waals surface area contributed by atoms with Crippen LogP contribution >= 0.6 is 0 Å². The summed E-state index contributed by atoms with van der Waals surface area (Å²) in [4.78, 5) is 30.7. The van der Waals surface area contributed by atoms with Gasteiger partial charge in [-0.25, -0.2) is 9.78 Å². The van der Waals surface area contributed by atoms with Crippen LogP contribution in [0.15, 0.2) is 42.6 Å². The number of anilines is 3. The molecule has 1 aromatic heterocycles. The van der Waals surface area contributed by atoms with Gasteiger partial charge in [0.25, 0.3) is 0 Å². The van der Waals surface area contributed by atoms with E-state index in [9.17, 15) is 22.8 Å². The highest BCUT2D eigenvalue weighted by Crippen LogP contribution is 2.41. The van der Waals surface area contributed by atoms with Gasteiger partial charge < -0.3 is 20.5 Å². The first kappa shape index (κ1) is 21.7. The lowest BCUT2D eigenvalue weighted by molar-refractivity contribution is -0.274. The van der Waals surface area contributed by atoms with Crippen LogP contribution in [0.2, 0.25) is 0 Å². The molecule has 4 rings (SSSR count). The van der Waals surface area contributed by atoms with Gasteiger partial charge in [0.2, 0.25) is 5.91 Å². The number of ether oxygens (including phenoxy) is 2. The van der Waals surface area contributed by atoms with Crippen LogP contribution in [0.3, 0.4) is 0 Å². The van der Waals surface area contributed by atoms with Crippen molar-refractivity contribution in [1.82, 2.24) is 4.98 Å². The Hall–Kier alpha value is -3.50. The summed E-state index contributed by atoms with van der Waals surface area (Å²) in [5, 5.41) is 2.66. The summed E-state index contributed by atoms with van der Waals surface area (Å²) in [5.41, 5.74) is 5.27. The molecule has 8 nitrogen and oxygen atoms in total. The minimum Gasteiger partial charge on any atom is -0.441 e. The van der Waals surface area contributed by atoms with Crippen molar-refractivity contribution in [1.29, 1.82) is 0 Å². The second-order valence-electron chi connectivity index (χ2n) is 7.89. The SMILES string of the molecule is Nc1cc(OC(F)(F)F)ccc1NC(=O)C1CCC2(CC1)CN(c1ccccn1)C(=O)O2. The van der Waals surface area contributed by atoms with Gasteiger partial charge in [0.15, 0.2) is 0 Å². The molecule has 2 aliphatic rings. The second kappa shape index (κ2) is 8.21. The number of nitrogens with two attached hydrogens (primary N) is 1. The fourth-order valence-electron chi connectivity index (χ4n) is 4.07. The van der Waals surface area contributed by atoms with Crippen molar-refractivity contribution >= 4 is 29.2 Å². The standard InChI is InChI=1S/C21H21F3N4O4/c22-21(23,24)31-14-4-5-16(15(25)11-14)27-18(29)13-6-8-20(9-7-13)12-28(19(30)32-20)17-3-1-2-10-26-17/h1-5,10-11,13H,6-9,12,25H2,(H,27,29). The number of benzene rings is 1. The van der Waals surface area contributed by atoms with E-state index >= 15 is 0 Å². The van der Waals surface area contributed by atoms with Crippen molar-refractivity contribution in [3.05, 3.63) is 42.6 Å². The molecule has 1 aliphatic carbocycles. The number of carbonyl (C=O) groups is 2. The third-order valence-corrected chi connectivity index (χ3v) is 5.68. The number of alkyl halides is 3. The van der Waals surface area contributed by atoms with E-state index in [1.807, 2.05) is 0 Å². The number of halogens is 3. The van der Waals surface area contributed by atoms with Gasteiger partial charge in [-0.1, -0.05) is 6.07 Å². The normalized spacial score (nSPS) is 23.2. The maximum atomic E-state index is 12.7. The molecular weight excluding hydrogens is 429 g/mol. The number of aromatic nitrogens is 1. The Morgan fingerprint density at radius 1 is 1.25 bits per heavy atom. The molecule has 2 fully saturated rings. The van der Waals surface area contributed by atoms with Crippen LogP contribution in [-0.2, 0) is 9.53 Å². The van der Waals surface area contributed by atoms with Gasteiger partial charge in [0.05, 0.1) is 17.9 Å². The topological polar surface area (TPSA) is 107 Å². The third-order valence-electron chi connectivity index (χ3n) is 5.68. The second-order valence-corrected chi connectivity index (χ2v) is 7.89. The fraction of sp³-hybridized carbons (Fsp3) is 0.381. The van der Waals surface area contributed by atoms with Gasteiger partial charge in [-0.3, -0.25) is 9.69 Å². The first-order valence-corrected chi connectivity index (χ1v) is 10.0. The van der Waals surface area contributed by atoms with E-state index in [-0.39, 0.29) is 23.2 Å². The first-order chi connectivity index (χ1) is 15.1. The van der Waals surface area contributed by atoms with Gasteiger partial charge in [0.1, 0.15) is 17.2 Å². The molecule has 1 spiro atoms. The lowest BCUT2D eigenvalue weighted by Crippen LogP contribution is -2.41. The Morgan fingerprint density at radius 3 is 2.62 bits per heavy atom. The van der Waals surface area contributed by atoms with Crippen LogP contribution in [0.5, 0.6) is 5.75 Å². The molecule has 32 heavy (non-hydrogen) atoms. The fourth-order valence-corrected chi connectivity index (χ4v) is 4.07. The highest BCUT2D eigenvalue weighted by molar-refractivity contribution is 5.95. The maximum absolute atomic E-state index is 12.7. The summed E-state index contributed by atoms with van der Waals surface area (Å²) in [7, 11) is 0. The van der Waals surface area contributed by atoms with Gasteiger partial charge in [-0.2, -0.15) is 0 Å². The molecular formula is C21H21F3N4O4. The Kier molecular flexibility index (Phi) is 5.57. The maximum Gasteiger partial charge on any atom is 0.573 e. The molecule has 2 aromatic rings. The summed E-state index contributed by atoms with van der Waals surface area (Å²) in [5.74, 6) is -0.577. The van der Waals surface area contributed by atoms with Crippen molar-refractivity contribution in [2.75, 3.05) is 22.5 Å². The smallest absolute Gasteiger partial charge is 0.441 e. The number of nitrogens with one attached hydrogen (secondary N) is 1. The van der Waals surface area contributed by atoms with Crippen molar-refractivity contribution in [2.45, 2.75) is 37.6 Å². The number of amides is 2. The number of carbonyl (C=O) groups excluding carboxylic acids is 2. The van der Waals surface area contributed by atoms with E-state index in [1.54, 1.807) is 24.4 Å². The summed E-state index contributed by atoms with van der Waals surface area (Å²) >= 11 is 0. The van der Waals surface area contributed by atoms with Crippen molar-refractivity contribution in [3.8, 4) is 5.75 Å². The van der Waals surface area contributed by atoms with Crippen LogP contribution in [0, 0.1) is 5.92 Å². The molecule has 2 heterocycles. The highest BCUT2D eigenvalue weighted by atomic mass is 19.4. The van der Waals surface area contributed by atoms with Gasteiger partial charge >= 0.3 is 12.5 Å². The van der Waals surface area contributed by atoms with Crippen LogP contribution < -0.4 is 20.7 Å². The summed E-state index contributed by atoms with van der Waals surface area (Å²) in [6.07, 6.45) is -1.69. The van der Waals surface area contributed by atoms with Crippen LogP contribution in [0.25, 0.3) is 0 Å². The first-order valence-electron chi connectivity index (χ1n) is 10.0. The minimum absolute atomic E-state index is 0.0388.